The summed E-state index contributed by atoms with van der Waals surface area (Å²) in [5.74, 6) is 0.954. The Morgan fingerprint density at radius 3 is 2.68 bits per heavy atom. The number of ether oxygens (including phenoxy) is 1. The molecule has 4 nitrogen and oxygen atoms in total. The molecule has 25 heavy (non-hydrogen) atoms. The fourth-order valence-electron chi connectivity index (χ4n) is 5.18. The molecular weight excluding hydrogens is 310 g/mol. The Morgan fingerprint density at radius 1 is 1.20 bits per heavy atom. The molecule has 4 heteroatoms. The van der Waals surface area contributed by atoms with Crippen LogP contribution in [0.15, 0.2) is 18.2 Å². The molecule has 136 valence electrons. The Balaban J connectivity index is 1.88. The number of piperazine rings is 1. The number of hydrogen-bond acceptors (Lipinski definition) is 3. The Hall–Kier alpha value is -1.52. The van der Waals surface area contributed by atoms with E-state index in [2.05, 4.69) is 60.3 Å². The van der Waals surface area contributed by atoms with Crippen molar-refractivity contribution in [1.29, 1.82) is 0 Å². The van der Waals surface area contributed by atoms with E-state index >= 15 is 0 Å². The zero-order valence-corrected chi connectivity index (χ0v) is 16.2. The van der Waals surface area contributed by atoms with E-state index in [0.717, 1.165) is 18.8 Å². The van der Waals surface area contributed by atoms with Crippen LogP contribution >= 0.6 is 0 Å². The van der Waals surface area contributed by atoms with Gasteiger partial charge in [0.05, 0.1) is 13.2 Å². The van der Waals surface area contributed by atoms with Crippen LogP contribution in [-0.4, -0.2) is 53.2 Å². The van der Waals surface area contributed by atoms with Gasteiger partial charge in [-0.25, -0.2) is 0 Å². The minimum atomic E-state index is 0.508. The summed E-state index contributed by atoms with van der Waals surface area (Å²) in [4.78, 5) is 5.43. The molecule has 4 rings (SSSR count). The van der Waals surface area contributed by atoms with E-state index in [1.54, 1.807) is 7.11 Å². The Labute approximate surface area is 151 Å². The summed E-state index contributed by atoms with van der Waals surface area (Å²) in [7, 11) is 1.75. The monoisotopic (exact) mass is 341 g/mol. The van der Waals surface area contributed by atoms with E-state index in [1.165, 1.54) is 41.7 Å². The normalized spacial score (nSPS) is 24.6. The SMILES string of the molecule is CCN1CCN(C(C)C)C2CCn3c(c(C)c4cc(OC)ccc43)C21. The van der Waals surface area contributed by atoms with E-state index in [-0.39, 0.29) is 0 Å². The quantitative estimate of drug-likeness (QED) is 0.847. The molecule has 0 aliphatic carbocycles. The van der Waals surface area contributed by atoms with E-state index < -0.39 is 0 Å². The van der Waals surface area contributed by atoms with Crippen molar-refractivity contribution in [1.82, 2.24) is 14.4 Å². The lowest BCUT2D eigenvalue weighted by Gasteiger charge is -2.51. The van der Waals surface area contributed by atoms with Gasteiger partial charge in [0.25, 0.3) is 0 Å². The number of benzene rings is 1. The van der Waals surface area contributed by atoms with Gasteiger partial charge in [0.1, 0.15) is 5.75 Å². The van der Waals surface area contributed by atoms with Crippen molar-refractivity contribution in [2.75, 3.05) is 26.7 Å². The maximum Gasteiger partial charge on any atom is 0.119 e. The third-order valence-corrected chi connectivity index (χ3v) is 6.40. The zero-order chi connectivity index (χ0) is 17.7. The van der Waals surface area contributed by atoms with Crippen molar-refractivity contribution in [2.45, 2.75) is 58.8 Å². The van der Waals surface area contributed by atoms with Gasteiger partial charge in [-0.3, -0.25) is 9.80 Å². The molecule has 2 unspecified atom stereocenters. The lowest BCUT2D eigenvalue weighted by atomic mass is 9.89. The second-order valence-corrected chi connectivity index (χ2v) is 7.81. The molecule has 1 aromatic heterocycles. The minimum Gasteiger partial charge on any atom is -0.497 e. The molecule has 0 N–H and O–H groups in total. The summed E-state index contributed by atoms with van der Waals surface area (Å²) in [6.45, 7) is 13.9. The summed E-state index contributed by atoms with van der Waals surface area (Å²) >= 11 is 0. The van der Waals surface area contributed by atoms with Crippen molar-refractivity contribution in [3.63, 3.8) is 0 Å². The Bertz CT molecular complexity index is 779. The molecule has 2 aromatic rings. The summed E-state index contributed by atoms with van der Waals surface area (Å²) in [6, 6.07) is 8.30. The molecule has 1 aromatic carbocycles. The summed E-state index contributed by atoms with van der Waals surface area (Å²) in [6.07, 6.45) is 1.24. The van der Waals surface area contributed by atoms with Gasteiger partial charge in [0.2, 0.25) is 0 Å². The first-order valence-corrected chi connectivity index (χ1v) is 9.73. The van der Waals surface area contributed by atoms with Gasteiger partial charge in [-0.05, 0) is 57.5 Å². The highest BCUT2D eigenvalue weighted by molar-refractivity contribution is 5.87. The van der Waals surface area contributed by atoms with Crippen LogP contribution in [0.1, 0.15) is 44.5 Å². The van der Waals surface area contributed by atoms with Gasteiger partial charge in [-0.2, -0.15) is 0 Å². The highest BCUT2D eigenvalue weighted by Crippen LogP contribution is 2.43. The zero-order valence-electron chi connectivity index (χ0n) is 16.2. The van der Waals surface area contributed by atoms with Crippen molar-refractivity contribution >= 4 is 10.9 Å². The molecule has 0 spiro atoms. The summed E-state index contributed by atoms with van der Waals surface area (Å²) < 4.78 is 8.06. The van der Waals surface area contributed by atoms with Gasteiger partial charge >= 0.3 is 0 Å². The van der Waals surface area contributed by atoms with E-state index in [4.69, 9.17) is 4.74 Å². The fourth-order valence-corrected chi connectivity index (χ4v) is 5.18. The van der Waals surface area contributed by atoms with Crippen LogP contribution in [0.4, 0.5) is 0 Å². The number of methoxy groups -OCH3 is 1. The third-order valence-electron chi connectivity index (χ3n) is 6.40. The topological polar surface area (TPSA) is 20.6 Å². The van der Waals surface area contributed by atoms with Crippen LogP contribution in [0.5, 0.6) is 5.75 Å². The number of nitrogens with zero attached hydrogens (tertiary/aromatic N) is 3. The second kappa shape index (κ2) is 6.33. The average Bonchev–Trinajstić information content (AvgIpc) is 2.92. The largest absolute Gasteiger partial charge is 0.497 e. The Kier molecular flexibility index (Phi) is 4.28. The van der Waals surface area contributed by atoms with Crippen LogP contribution in [0.2, 0.25) is 0 Å². The first kappa shape index (κ1) is 16.9. The predicted molar refractivity (Wildman–Crippen MR) is 103 cm³/mol. The van der Waals surface area contributed by atoms with Gasteiger partial charge < -0.3 is 9.30 Å². The fraction of sp³-hybridized carbons (Fsp3) is 0.619. The molecule has 0 amide bonds. The predicted octanol–water partition coefficient (Wildman–Crippen LogP) is 3.82. The van der Waals surface area contributed by atoms with Crippen LogP contribution < -0.4 is 4.74 Å². The van der Waals surface area contributed by atoms with Gasteiger partial charge in [-0.15, -0.1) is 0 Å². The van der Waals surface area contributed by atoms with Gasteiger partial charge in [0, 0.05) is 48.3 Å². The Morgan fingerprint density at radius 2 is 2.00 bits per heavy atom. The van der Waals surface area contributed by atoms with Crippen LogP contribution in [-0.2, 0) is 6.54 Å². The van der Waals surface area contributed by atoms with Crippen molar-refractivity contribution in [3.8, 4) is 5.75 Å². The average molecular weight is 341 g/mol. The molecule has 0 radical (unpaired) electrons. The maximum absolute atomic E-state index is 5.48. The molecular formula is C21H31N3O. The standard InChI is InChI=1S/C21H31N3O/c1-6-22-11-12-23(14(2)3)19-9-10-24-18-8-7-16(25-5)13-17(18)15(4)20(24)21(19)22/h7-8,13-14,19,21H,6,9-12H2,1-5H3. The first-order valence-electron chi connectivity index (χ1n) is 9.73. The van der Waals surface area contributed by atoms with E-state index in [9.17, 15) is 0 Å². The van der Waals surface area contributed by atoms with Gasteiger partial charge in [-0.1, -0.05) is 6.92 Å². The molecule has 2 aliphatic heterocycles. The number of rotatable bonds is 3. The van der Waals surface area contributed by atoms with Gasteiger partial charge in [0.15, 0.2) is 0 Å². The number of aryl methyl sites for hydroxylation is 2. The molecule has 2 aliphatic rings. The van der Waals surface area contributed by atoms with Crippen molar-refractivity contribution < 1.29 is 4.74 Å². The molecule has 0 saturated carbocycles. The number of aromatic nitrogens is 1. The lowest BCUT2D eigenvalue weighted by Crippen LogP contribution is -2.58. The third kappa shape index (κ3) is 2.49. The number of likely N-dealkylation sites (N-methyl/N-ethyl adjacent to an activating group) is 1. The van der Waals surface area contributed by atoms with Crippen LogP contribution in [0.3, 0.4) is 0 Å². The summed E-state index contributed by atoms with van der Waals surface area (Å²) in [5, 5.41) is 1.35. The van der Waals surface area contributed by atoms with Crippen molar-refractivity contribution in [3.05, 3.63) is 29.5 Å². The van der Waals surface area contributed by atoms with Crippen LogP contribution in [0.25, 0.3) is 10.9 Å². The maximum atomic E-state index is 5.48. The summed E-state index contributed by atoms with van der Waals surface area (Å²) in [5.41, 5.74) is 4.34. The highest BCUT2D eigenvalue weighted by atomic mass is 16.5. The lowest BCUT2D eigenvalue weighted by molar-refractivity contribution is -0.0151. The molecule has 3 heterocycles. The second-order valence-electron chi connectivity index (χ2n) is 7.81. The minimum absolute atomic E-state index is 0.508. The molecule has 1 saturated heterocycles. The van der Waals surface area contributed by atoms with E-state index in [1.807, 2.05) is 0 Å². The van der Waals surface area contributed by atoms with E-state index in [0.29, 0.717) is 18.1 Å². The highest BCUT2D eigenvalue weighted by Gasteiger charge is 2.42. The molecule has 0 bridgehead atoms. The van der Waals surface area contributed by atoms with Crippen molar-refractivity contribution in [2.24, 2.45) is 0 Å². The number of fused-ring (bicyclic) bond motifs is 5. The first-order chi connectivity index (χ1) is 12.1. The molecule has 2 atom stereocenters. The molecule has 1 fully saturated rings. The van der Waals surface area contributed by atoms with Crippen LogP contribution in [0, 0.1) is 6.92 Å². The number of hydrogen-bond donors (Lipinski definition) is 0. The smallest absolute Gasteiger partial charge is 0.119 e.